The molecule has 0 saturated heterocycles. The lowest BCUT2D eigenvalue weighted by Crippen LogP contribution is -2.25. The van der Waals surface area contributed by atoms with Crippen molar-refractivity contribution in [2.75, 3.05) is 13.7 Å². The fraction of sp³-hybridized carbons (Fsp3) is 0.235. The van der Waals surface area contributed by atoms with Crippen molar-refractivity contribution in [3.05, 3.63) is 57.3 Å². The normalized spacial score (nSPS) is 9.86. The summed E-state index contributed by atoms with van der Waals surface area (Å²) in [5, 5.41) is 8.67. The van der Waals surface area contributed by atoms with E-state index < -0.39 is 0 Å². The smallest absolute Gasteiger partial charge is 0.264 e. The summed E-state index contributed by atoms with van der Waals surface area (Å²) in [5.74, 6) is 5.38. The Hall–Kier alpha value is -2.09. The van der Waals surface area contributed by atoms with Crippen LogP contribution in [0.3, 0.4) is 0 Å². The molecule has 0 aliphatic heterocycles. The number of aryl methyl sites for hydroxylation is 1. The van der Waals surface area contributed by atoms with Gasteiger partial charge in [0.1, 0.15) is 6.61 Å². The Morgan fingerprint density at radius 3 is 2.62 bits per heavy atom. The highest BCUT2D eigenvalue weighted by molar-refractivity contribution is 7.14. The number of amides is 1. The molecule has 0 aliphatic rings. The minimum Gasteiger partial charge on any atom is -0.384 e. The van der Waals surface area contributed by atoms with Crippen molar-refractivity contribution in [2.24, 2.45) is 0 Å². The third kappa shape index (κ3) is 4.19. The first-order chi connectivity index (χ1) is 10.1. The van der Waals surface area contributed by atoms with Crippen molar-refractivity contribution < 1.29 is 9.90 Å². The van der Waals surface area contributed by atoms with Gasteiger partial charge in [0.2, 0.25) is 0 Å². The molecule has 0 unspecified atom stereocenters. The van der Waals surface area contributed by atoms with Gasteiger partial charge < -0.3 is 10.0 Å². The average Bonchev–Trinajstić information content (AvgIpc) is 2.95. The van der Waals surface area contributed by atoms with Crippen LogP contribution in [0.4, 0.5) is 0 Å². The van der Waals surface area contributed by atoms with Crippen LogP contribution in [0.25, 0.3) is 0 Å². The molecule has 0 radical (unpaired) electrons. The lowest BCUT2D eigenvalue weighted by Gasteiger charge is -2.16. The van der Waals surface area contributed by atoms with Crippen LogP contribution in [-0.2, 0) is 6.54 Å². The number of aliphatic hydroxyl groups excluding tert-OH is 1. The van der Waals surface area contributed by atoms with Crippen molar-refractivity contribution in [3.8, 4) is 11.8 Å². The molecule has 3 nitrogen and oxygen atoms in total. The Bertz CT molecular complexity index is 677. The van der Waals surface area contributed by atoms with Gasteiger partial charge in [-0.25, -0.2) is 0 Å². The van der Waals surface area contributed by atoms with Crippen LogP contribution < -0.4 is 0 Å². The molecule has 2 rings (SSSR count). The highest BCUT2D eigenvalue weighted by Gasteiger charge is 2.14. The maximum absolute atomic E-state index is 12.3. The monoisotopic (exact) mass is 299 g/mol. The van der Waals surface area contributed by atoms with Crippen LogP contribution in [0.5, 0.6) is 0 Å². The predicted molar refractivity (Wildman–Crippen MR) is 85.3 cm³/mol. The van der Waals surface area contributed by atoms with Crippen LogP contribution >= 0.6 is 11.3 Å². The maximum atomic E-state index is 12.3. The van der Waals surface area contributed by atoms with E-state index in [-0.39, 0.29) is 12.5 Å². The zero-order valence-electron chi connectivity index (χ0n) is 12.1. The molecule has 1 N–H and O–H groups in total. The second kappa shape index (κ2) is 7.07. The van der Waals surface area contributed by atoms with Crippen LogP contribution in [0.1, 0.15) is 25.7 Å². The Labute approximate surface area is 128 Å². The Morgan fingerprint density at radius 2 is 1.95 bits per heavy atom. The number of carbonyl (C=O) groups is 1. The van der Waals surface area contributed by atoms with E-state index >= 15 is 0 Å². The molecule has 1 aromatic carbocycles. The molecule has 108 valence electrons. The van der Waals surface area contributed by atoms with Gasteiger partial charge in [-0.1, -0.05) is 41.7 Å². The molecule has 0 saturated carbocycles. The Morgan fingerprint density at radius 1 is 1.24 bits per heavy atom. The molecule has 21 heavy (non-hydrogen) atoms. The van der Waals surface area contributed by atoms with Crippen molar-refractivity contribution in [2.45, 2.75) is 13.5 Å². The summed E-state index contributed by atoms with van der Waals surface area (Å²) < 4.78 is 0. The molecular weight excluding hydrogens is 282 g/mol. The van der Waals surface area contributed by atoms with E-state index in [1.165, 1.54) is 16.9 Å². The number of hydrogen-bond donors (Lipinski definition) is 1. The molecule has 1 amide bonds. The highest BCUT2D eigenvalue weighted by Crippen LogP contribution is 2.18. The predicted octanol–water partition coefficient (Wildman–Crippen LogP) is 2.67. The van der Waals surface area contributed by atoms with Crippen LogP contribution in [-0.4, -0.2) is 29.6 Å². The number of thiophene rings is 1. The first-order valence-corrected chi connectivity index (χ1v) is 7.42. The zero-order chi connectivity index (χ0) is 15.2. The van der Waals surface area contributed by atoms with Gasteiger partial charge >= 0.3 is 0 Å². The van der Waals surface area contributed by atoms with Crippen molar-refractivity contribution in [1.82, 2.24) is 4.90 Å². The van der Waals surface area contributed by atoms with E-state index in [4.69, 9.17) is 5.11 Å². The van der Waals surface area contributed by atoms with Crippen LogP contribution in [0, 0.1) is 18.8 Å². The second-order valence-corrected chi connectivity index (χ2v) is 5.85. The van der Waals surface area contributed by atoms with Gasteiger partial charge in [0.15, 0.2) is 0 Å². The summed E-state index contributed by atoms with van der Waals surface area (Å²) in [6, 6.07) is 11.7. The fourth-order valence-corrected chi connectivity index (χ4v) is 2.75. The topological polar surface area (TPSA) is 40.5 Å². The average molecular weight is 299 g/mol. The molecular formula is C17H17NO2S. The van der Waals surface area contributed by atoms with Gasteiger partial charge in [-0.15, -0.1) is 11.3 Å². The fourth-order valence-electron chi connectivity index (χ4n) is 1.87. The number of carbonyl (C=O) groups excluding carboxylic acids is 1. The summed E-state index contributed by atoms with van der Waals surface area (Å²) in [6.07, 6.45) is 0. The summed E-state index contributed by atoms with van der Waals surface area (Å²) in [5.41, 5.74) is 2.31. The van der Waals surface area contributed by atoms with Crippen molar-refractivity contribution >= 4 is 17.2 Å². The van der Waals surface area contributed by atoms with Gasteiger partial charge in [0.25, 0.3) is 5.91 Å². The number of benzene rings is 1. The molecule has 2 aromatic rings. The van der Waals surface area contributed by atoms with Gasteiger partial charge in [0, 0.05) is 13.6 Å². The molecule has 1 heterocycles. The van der Waals surface area contributed by atoms with Gasteiger partial charge in [-0.3, -0.25) is 4.79 Å². The quantitative estimate of drug-likeness (QED) is 0.885. The molecule has 0 fully saturated rings. The maximum Gasteiger partial charge on any atom is 0.264 e. The summed E-state index contributed by atoms with van der Waals surface area (Å²) in [6.45, 7) is 2.45. The lowest BCUT2D eigenvalue weighted by atomic mass is 10.1. The summed E-state index contributed by atoms with van der Waals surface area (Å²) in [7, 11) is 1.79. The molecule has 0 bridgehead atoms. The van der Waals surface area contributed by atoms with Gasteiger partial charge in [-0.05, 0) is 24.6 Å². The van der Waals surface area contributed by atoms with Crippen molar-refractivity contribution in [1.29, 1.82) is 0 Å². The van der Waals surface area contributed by atoms with E-state index in [1.807, 2.05) is 31.2 Å². The molecule has 0 aliphatic carbocycles. The molecule has 0 atom stereocenters. The lowest BCUT2D eigenvalue weighted by molar-refractivity contribution is 0.0790. The number of aliphatic hydroxyl groups is 1. The van der Waals surface area contributed by atoms with E-state index in [0.717, 1.165) is 10.4 Å². The summed E-state index contributed by atoms with van der Waals surface area (Å²) in [4.78, 5) is 15.5. The third-order valence-electron chi connectivity index (χ3n) is 2.99. The van der Waals surface area contributed by atoms with E-state index in [1.54, 1.807) is 24.1 Å². The van der Waals surface area contributed by atoms with Gasteiger partial charge in [0.05, 0.1) is 9.75 Å². The number of rotatable bonds is 3. The highest BCUT2D eigenvalue weighted by atomic mass is 32.1. The van der Waals surface area contributed by atoms with Gasteiger partial charge in [-0.2, -0.15) is 0 Å². The summed E-state index contributed by atoms with van der Waals surface area (Å²) >= 11 is 1.35. The SMILES string of the molecule is Cc1ccc(CN(C)C(=O)c2ccc(C#CCO)s2)cc1. The Kier molecular flexibility index (Phi) is 5.15. The van der Waals surface area contributed by atoms with Crippen LogP contribution in [0.2, 0.25) is 0 Å². The first kappa shape index (κ1) is 15.3. The largest absolute Gasteiger partial charge is 0.384 e. The number of nitrogens with zero attached hydrogens (tertiary/aromatic N) is 1. The Balaban J connectivity index is 2.05. The second-order valence-electron chi connectivity index (χ2n) is 4.77. The van der Waals surface area contributed by atoms with Crippen molar-refractivity contribution in [3.63, 3.8) is 0 Å². The minimum absolute atomic E-state index is 0.0161. The van der Waals surface area contributed by atoms with E-state index in [2.05, 4.69) is 11.8 Å². The zero-order valence-corrected chi connectivity index (χ0v) is 12.9. The van der Waals surface area contributed by atoms with E-state index in [9.17, 15) is 4.79 Å². The first-order valence-electron chi connectivity index (χ1n) is 6.60. The third-order valence-corrected chi connectivity index (χ3v) is 3.98. The standard InChI is InChI=1S/C17H17NO2S/c1-13-5-7-14(8-6-13)12-18(2)17(20)16-10-9-15(21-16)4-3-11-19/h5-10,19H,11-12H2,1-2H3. The molecule has 4 heteroatoms. The molecule has 1 aromatic heterocycles. The van der Waals surface area contributed by atoms with E-state index in [0.29, 0.717) is 11.4 Å². The number of hydrogen-bond acceptors (Lipinski definition) is 3. The molecule has 0 spiro atoms. The minimum atomic E-state index is -0.172. The van der Waals surface area contributed by atoms with Crippen LogP contribution in [0.15, 0.2) is 36.4 Å².